The number of aliphatic carboxylic acids is 1. The van der Waals surface area contributed by atoms with Gasteiger partial charge in [0, 0.05) is 19.3 Å². The summed E-state index contributed by atoms with van der Waals surface area (Å²) in [5.74, 6) is -1.84. The van der Waals surface area contributed by atoms with Gasteiger partial charge in [-0.05, 0) is 51.4 Å². The first-order valence-electron chi connectivity index (χ1n) is 24.5. The molecule has 0 N–H and O–H groups in total. The number of hydrogen-bond donors (Lipinski definition) is 0. The number of allylic oxidation sites excluding steroid dienone is 12. The first-order valence-corrected chi connectivity index (χ1v) is 24.5. The van der Waals surface area contributed by atoms with Crippen LogP contribution in [0.25, 0.3) is 0 Å². The van der Waals surface area contributed by atoms with Crippen LogP contribution in [0.15, 0.2) is 72.9 Å². The number of nitrogens with zero attached hydrogens (tertiary/aromatic N) is 1. The number of rotatable bonds is 43. The van der Waals surface area contributed by atoms with Crippen LogP contribution >= 0.6 is 0 Å². The molecular weight excluding hydrogens is 763 g/mol. The van der Waals surface area contributed by atoms with E-state index in [0.717, 1.165) is 57.8 Å². The van der Waals surface area contributed by atoms with Crippen molar-refractivity contribution in [2.24, 2.45) is 0 Å². The van der Waals surface area contributed by atoms with Gasteiger partial charge in [0.15, 0.2) is 6.10 Å². The molecule has 0 saturated heterocycles. The summed E-state index contributed by atoms with van der Waals surface area (Å²) in [6.45, 7) is 4.48. The van der Waals surface area contributed by atoms with Gasteiger partial charge in [-0.2, -0.15) is 0 Å². The summed E-state index contributed by atoms with van der Waals surface area (Å²) in [5, 5.41) is 11.6. The highest BCUT2D eigenvalue weighted by molar-refractivity contribution is 5.70. The summed E-state index contributed by atoms with van der Waals surface area (Å²) in [5.41, 5.74) is 0. The van der Waals surface area contributed by atoms with Crippen molar-refractivity contribution < 1.29 is 38.2 Å². The molecule has 0 rings (SSSR count). The van der Waals surface area contributed by atoms with Crippen LogP contribution in [0.2, 0.25) is 0 Å². The molecule has 2 atom stereocenters. The maximum absolute atomic E-state index is 12.7. The fourth-order valence-electron chi connectivity index (χ4n) is 6.86. The lowest BCUT2D eigenvalue weighted by Gasteiger charge is -2.34. The zero-order valence-corrected chi connectivity index (χ0v) is 39.8. The molecule has 0 aromatic carbocycles. The number of carboxylic acid groups (broad SMARTS) is 1. The van der Waals surface area contributed by atoms with Gasteiger partial charge in [0.2, 0.25) is 0 Å². The van der Waals surface area contributed by atoms with Gasteiger partial charge >= 0.3 is 11.9 Å². The second-order valence-corrected chi connectivity index (χ2v) is 17.3. The SMILES string of the molecule is CC/C=C\C/C=C\C/C=C\C/C=C\C/C=C\C/C=C\CCC(=O)OC(COCCC(C(=O)[O-])[N+](C)(C)C)COC(=O)CCCCCCCCCCCCCCCCCCCC. The minimum Gasteiger partial charge on any atom is -0.544 e. The van der Waals surface area contributed by atoms with Gasteiger partial charge < -0.3 is 28.6 Å². The van der Waals surface area contributed by atoms with Crippen molar-refractivity contribution in [2.75, 3.05) is 41.0 Å². The number of ether oxygens (including phenoxy) is 3. The Kier molecular flexibility index (Phi) is 41.1. The van der Waals surface area contributed by atoms with E-state index >= 15 is 0 Å². The van der Waals surface area contributed by atoms with Gasteiger partial charge in [0.1, 0.15) is 12.6 Å². The van der Waals surface area contributed by atoms with E-state index in [2.05, 4.69) is 74.6 Å². The zero-order valence-electron chi connectivity index (χ0n) is 39.8. The molecular formula is C53H91NO7. The first-order chi connectivity index (χ1) is 29.6. The topological polar surface area (TPSA) is 102 Å². The Morgan fingerprint density at radius 3 is 1.33 bits per heavy atom. The Hall–Kier alpha value is -3.23. The molecule has 2 unspecified atom stereocenters. The maximum Gasteiger partial charge on any atom is 0.306 e. The Morgan fingerprint density at radius 1 is 0.508 bits per heavy atom. The van der Waals surface area contributed by atoms with Gasteiger partial charge in [0.25, 0.3) is 0 Å². The van der Waals surface area contributed by atoms with Crippen molar-refractivity contribution in [1.82, 2.24) is 0 Å². The fourth-order valence-corrected chi connectivity index (χ4v) is 6.86. The van der Waals surface area contributed by atoms with Crippen molar-refractivity contribution in [3.8, 4) is 0 Å². The highest BCUT2D eigenvalue weighted by Crippen LogP contribution is 2.15. The van der Waals surface area contributed by atoms with Crippen LogP contribution in [0, 0.1) is 0 Å². The Morgan fingerprint density at radius 2 is 0.918 bits per heavy atom. The van der Waals surface area contributed by atoms with E-state index in [1.165, 1.54) is 96.3 Å². The number of carbonyl (C=O) groups is 3. The van der Waals surface area contributed by atoms with Gasteiger partial charge in [-0.25, -0.2) is 0 Å². The molecule has 0 aliphatic carbocycles. The quantitative estimate of drug-likeness (QED) is 0.0260. The van der Waals surface area contributed by atoms with Crippen LogP contribution in [-0.4, -0.2) is 75.5 Å². The number of carboxylic acids is 1. The van der Waals surface area contributed by atoms with Crippen LogP contribution in [0.5, 0.6) is 0 Å². The number of unbranched alkanes of at least 4 members (excludes halogenated alkanes) is 17. The van der Waals surface area contributed by atoms with Crippen LogP contribution in [0.3, 0.4) is 0 Å². The van der Waals surface area contributed by atoms with Gasteiger partial charge in [0.05, 0.1) is 40.3 Å². The standard InChI is InChI=1S/C53H91NO7/c1-6-8-10-12-14-16-18-20-22-24-26-28-30-32-34-36-38-40-42-44-52(56)61-49(47-59-46-45-50(53(57)58)54(3,4)5)48-60-51(55)43-41-39-37-35-33-31-29-27-25-23-21-19-17-15-13-11-9-7-2/h8,10,14,16,20,22,26,28,32,34,38,40,49-50H,6-7,9,11-13,15,17-19,21,23-25,27,29-31,33,35-37,39,41-48H2,1-5H3/b10-8-,16-14-,22-20-,28-26-,34-32-,40-38-. The van der Waals surface area contributed by atoms with E-state index in [4.69, 9.17) is 14.2 Å². The summed E-state index contributed by atoms with van der Waals surface area (Å²) in [7, 11) is 5.38. The molecule has 61 heavy (non-hydrogen) atoms. The van der Waals surface area contributed by atoms with E-state index < -0.39 is 24.1 Å². The van der Waals surface area contributed by atoms with E-state index in [1.807, 2.05) is 12.2 Å². The maximum atomic E-state index is 12.7. The molecule has 0 aromatic rings. The second kappa shape index (κ2) is 43.4. The monoisotopic (exact) mass is 854 g/mol. The van der Waals surface area contributed by atoms with E-state index in [-0.39, 0.29) is 43.1 Å². The fraction of sp³-hybridized carbons (Fsp3) is 0.717. The van der Waals surface area contributed by atoms with Crippen LogP contribution in [-0.2, 0) is 28.6 Å². The minimum absolute atomic E-state index is 0.00896. The van der Waals surface area contributed by atoms with E-state index in [9.17, 15) is 19.5 Å². The predicted octanol–water partition coefficient (Wildman–Crippen LogP) is 12.6. The summed E-state index contributed by atoms with van der Waals surface area (Å²) in [6.07, 6.45) is 55.2. The van der Waals surface area contributed by atoms with Crippen LogP contribution in [0.4, 0.5) is 0 Å². The molecule has 0 aliphatic heterocycles. The molecule has 0 heterocycles. The van der Waals surface area contributed by atoms with Crippen molar-refractivity contribution in [2.45, 2.75) is 206 Å². The van der Waals surface area contributed by atoms with Gasteiger partial charge in [-0.15, -0.1) is 0 Å². The lowest BCUT2D eigenvalue weighted by atomic mass is 10.0. The second-order valence-electron chi connectivity index (χ2n) is 17.3. The molecule has 0 aliphatic rings. The predicted molar refractivity (Wildman–Crippen MR) is 254 cm³/mol. The number of quaternary nitrogens is 1. The third kappa shape index (κ3) is 41.9. The van der Waals surface area contributed by atoms with Gasteiger partial charge in [-0.3, -0.25) is 9.59 Å². The highest BCUT2D eigenvalue weighted by Gasteiger charge is 2.25. The molecule has 350 valence electrons. The number of likely N-dealkylation sites (N-methyl/N-ethyl adjacent to an activating group) is 1. The lowest BCUT2D eigenvalue weighted by molar-refractivity contribution is -0.889. The average molecular weight is 854 g/mol. The molecule has 0 spiro atoms. The molecule has 0 aromatic heterocycles. The smallest absolute Gasteiger partial charge is 0.306 e. The Labute approximate surface area is 374 Å². The molecule has 0 amide bonds. The van der Waals surface area contributed by atoms with E-state index in [0.29, 0.717) is 12.8 Å². The van der Waals surface area contributed by atoms with Crippen LogP contribution in [0.1, 0.15) is 194 Å². The number of hydrogen-bond acceptors (Lipinski definition) is 7. The third-order valence-electron chi connectivity index (χ3n) is 10.6. The summed E-state index contributed by atoms with van der Waals surface area (Å²) >= 11 is 0. The summed E-state index contributed by atoms with van der Waals surface area (Å²) < 4.78 is 17.1. The Bertz CT molecular complexity index is 1230. The third-order valence-corrected chi connectivity index (χ3v) is 10.6. The molecule has 0 radical (unpaired) electrons. The highest BCUT2D eigenvalue weighted by atomic mass is 16.6. The minimum atomic E-state index is -1.14. The molecule has 8 nitrogen and oxygen atoms in total. The molecule has 0 bridgehead atoms. The normalized spacial score (nSPS) is 13.5. The summed E-state index contributed by atoms with van der Waals surface area (Å²) in [4.78, 5) is 36.9. The van der Waals surface area contributed by atoms with Crippen molar-refractivity contribution in [1.29, 1.82) is 0 Å². The first kappa shape index (κ1) is 57.8. The van der Waals surface area contributed by atoms with Gasteiger partial charge in [-0.1, -0.05) is 196 Å². The number of esters is 2. The molecule has 8 heteroatoms. The zero-order chi connectivity index (χ0) is 44.9. The van der Waals surface area contributed by atoms with E-state index in [1.54, 1.807) is 21.1 Å². The lowest BCUT2D eigenvalue weighted by Crippen LogP contribution is -2.55. The van der Waals surface area contributed by atoms with Crippen molar-refractivity contribution in [3.05, 3.63) is 72.9 Å². The Balaban J connectivity index is 4.39. The van der Waals surface area contributed by atoms with Crippen molar-refractivity contribution >= 4 is 17.9 Å². The average Bonchev–Trinajstić information content (AvgIpc) is 3.22. The molecule has 0 fully saturated rings. The molecule has 0 saturated carbocycles. The van der Waals surface area contributed by atoms with Crippen molar-refractivity contribution in [3.63, 3.8) is 0 Å². The van der Waals surface area contributed by atoms with Crippen LogP contribution < -0.4 is 5.11 Å². The summed E-state index contributed by atoms with van der Waals surface area (Å²) in [6, 6.07) is -0.741. The number of carbonyl (C=O) groups excluding carboxylic acids is 3. The largest absolute Gasteiger partial charge is 0.544 e.